The van der Waals surface area contributed by atoms with Gasteiger partial charge in [-0.05, 0) is 54.1 Å². The number of para-hydroxylation sites is 2. The zero-order valence-corrected chi connectivity index (χ0v) is 27.2. The predicted octanol–water partition coefficient (Wildman–Crippen LogP) is 11.1. The van der Waals surface area contributed by atoms with Crippen LogP contribution in [0.1, 0.15) is 22.9 Å². The van der Waals surface area contributed by atoms with E-state index in [1.54, 1.807) is 0 Å². The Morgan fingerprint density at radius 3 is 2.14 bits per heavy atom. The van der Waals surface area contributed by atoms with E-state index in [4.69, 9.17) is 18.8 Å². The zero-order valence-electron chi connectivity index (χ0n) is 27.2. The Morgan fingerprint density at radius 1 is 0.510 bits per heavy atom. The Labute approximate surface area is 291 Å². The molecule has 0 aliphatic carbocycles. The number of nitrogens with one attached hydrogen (secondary N) is 1. The second-order valence-electron chi connectivity index (χ2n) is 13.0. The number of aromatic nitrogens is 1. The molecule has 1 unspecified atom stereocenters. The molecule has 7 aromatic carbocycles. The lowest BCUT2D eigenvalue weighted by Crippen LogP contribution is -2.33. The number of benzene rings is 7. The van der Waals surface area contributed by atoms with E-state index in [0.29, 0.717) is 5.84 Å². The number of furan rings is 2. The van der Waals surface area contributed by atoms with Crippen molar-refractivity contribution < 1.29 is 8.83 Å². The van der Waals surface area contributed by atoms with E-state index in [0.717, 1.165) is 93.9 Å². The van der Waals surface area contributed by atoms with Gasteiger partial charge in [0.05, 0.1) is 27.5 Å². The number of fused-ring (bicyclic) bond motifs is 10. The van der Waals surface area contributed by atoms with Crippen LogP contribution in [0.15, 0.2) is 177 Å². The van der Waals surface area contributed by atoms with Crippen LogP contribution in [0.25, 0.3) is 71.4 Å². The van der Waals surface area contributed by atoms with E-state index in [-0.39, 0.29) is 6.17 Å². The van der Waals surface area contributed by atoms with Gasteiger partial charge in [0.15, 0.2) is 5.84 Å². The smallest absolute Gasteiger partial charge is 0.159 e. The molecule has 11 rings (SSSR count). The summed E-state index contributed by atoms with van der Waals surface area (Å²) in [5, 5.41) is 10.2. The molecule has 0 bridgehead atoms. The highest BCUT2D eigenvalue weighted by atomic mass is 16.3. The molecule has 0 fully saturated rings. The van der Waals surface area contributed by atoms with Gasteiger partial charge in [0.2, 0.25) is 0 Å². The van der Waals surface area contributed by atoms with E-state index < -0.39 is 0 Å². The minimum absolute atomic E-state index is 0.277. The number of aliphatic imine (C=N–C) groups is 2. The van der Waals surface area contributed by atoms with Gasteiger partial charge < -0.3 is 18.7 Å². The topological polar surface area (TPSA) is 68.0 Å². The maximum Gasteiger partial charge on any atom is 0.159 e. The van der Waals surface area contributed by atoms with Crippen LogP contribution in [0.4, 0.5) is 0 Å². The number of amidine groups is 2. The summed E-state index contributed by atoms with van der Waals surface area (Å²) in [4.78, 5) is 10.0. The molecule has 0 saturated heterocycles. The molecular weight excluding hydrogens is 629 g/mol. The van der Waals surface area contributed by atoms with E-state index in [1.807, 2.05) is 66.7 Å². The van der Waals surface area contributed by atoms with E-state index in [9.17, 15) is 0 Å². The average Bonchev–Trinajstić information content (AvgIpc) is 3.87. The minimum Gasteiger partial charge on any atom is -0.456 e. The fraction of sp³-hybridized carbons (Fsp3) is 0.0222. The highest BCUT2D eigenvalue weighted by Gasteiger charge is 2.24. The molecule has 3 aromatic heterocycles. The molecule has 1 aliphatic rings. The van der Waals surface area contributed by atoms with Gasteiger partial charge in [-0.2, -0.15) is 0 Å². The van der Waals surface area contributed by atoms with Crippen molar-refractivity contribution in [1.82, 2.24) is 9.88 Å². The molecule has 4 heterocycles. The number of rotatable bonds is 4. The van der Waals surface area contributed by atoms with Crippen molar-refractivity contribution in [3.05, 3.63) is 174 Å². The molecule has 6 heteroatoms. The van der Waals surface area contributed by atoms with Gasteiger partial charge in [0.1, 0.15) is 34.3 Å². The molecule has 1 N–H and O–H groups in total. The number of hydrogen-bond donors (Lipinski definition) is 1. The normalized spacial score (nSPS) is 14.9. The third kappa shape index (κ3) is 4.23. The predicted molar refractivity (Wildman–Crippen MR) is 207 cm³/mol. The standard InChI is InChI=1S/C45H28N4O2/c1-3-12-27(13-4-1)43-46-44(28-14-5-2-6-15-28)48-45(47-43)29-22-23-33-39(26-29)50-38-21-11-19-35(40(33)38)49-34-18-9-7-17-32(34)41-36(49)25-24-31-30-16-8-10-20-37(30)51-42(31)41/h1-26,43H,(H,46,47,48). The van der Waals surface area contributed by atoms with Crippen LogP contribution in [0, 0.1) is 0 Å². The summed E-state index contributed by atoms with van der Waals surface area (Å²) in [6.45, 7) is 0. The van der Waals surface area contributed by atoms with Crippen LogP contribution < -0.4 is 5.32 Å². The van der Waals surface area contributed by atoms with Crippen molar-refractivity contribution in [3.63, 3.8) is 0 Å². The maximum atomic E-state index is 6.63. The van der Waals surface area contributed by atoms with Gasteiger partial charge >= 0.3 is 0 Å². The molecule has 51 heavy (non-hydrogen) atoms. The van der Waals surface area contributed by atoms with Crippen LogP contribution in [-0.4, -0.2) is 16.2 Å². The van der Waals surface area contributed by atoms with E-state index >= 15 is 0 Å². The van der Waals surface area contributed by atoms with Gasteiger partial charge in [0, 0.05) is 32.7 Å². The first-order valence-electron chi connectivity index (χ1n) is 17.1. The lowest BCUT2D eigenvalue weighted by atomic mass is 10.1. The van der Waals surface area contributed by atoms with Crippen molar-refractivity contribution in [3.8, 4) is 5.69 Å². The second-order valence-corrected chi connectivity index (χ2v) is 13.0. The maximum absolute atomic E-state index is 6.63. The van der Waals surface area contributed by atoms with Crippen molar-refractivity contribution in [2.75, 3.05) is 0 Å². The summed E-state index contributed by atoms with van der Waals surface area (Å²) in [6, 6.07) is 54.3. The quantitative estimate of drug-likeness (QED) is 0.205. The molecule has 6 nitrogen and oxygen atoms in total. The molecule has 1 atom stereocenters. The Hall–Kier alpha value is -6.92. The number of hydrogen-bond acceptors (Lipinski definition) is 5. The van der Waals surface area contributed by atoms with Crippen LogP contribution in [0.5, 0.6) is 0 Å². The summed E-state index contributed by atoms with van der Waals surface area (Å²) in [6.07, 6.45) is -0.277. The molecule has 0 spiro atoms. The number of nitrogens with zero attached hydrogens (tertiary/aromatic N) is 3. The fourth-order valence-electron chi connectivity index (χ4n) is 7.75. The van der Waals surface area contributed by atoms with E-state index in [1.165, 1.54) is 0 Å². The largest absolute Gasteiger partial charge is 0.456 e. The monoisotopic (exact) mass is 656 g/mol. The molecule has 0 amide bonds. The average molecular weight is 657 g/mol. The van der Waals surface area contributed by atoms with Crippen LogP contribution in [0.2, 0.25) is 0 Å². The van der Waals surface area contributed by atoms with Gasteiger partial charge in [0.25, 0.3) is 0 Å². The Morgan fingerprint density at radius 2 is 1.25 bits per heavy atom. The Kier molecular flexibility index (Phi) is 5.92. The SMILES string of the molecule is c1ccc(C2=NC(c3ccccc3)NC(c3ccc4c(c3)oc3cccc(-n5c6ccccc6c6c7oc8ccccc8c7ccc65)c34)=N2)cc1. The molecule has 1 aliphatic heterocycles. The van der Waals surface area contributed by atoms with Gasteiger partial charge in [-0.25, -0.2) is 9.98 Å². The second kappa shape index (κ2) is 10.8. The van der Waals surface area contributed by atoms with Gasteiger partial charge in [-0.3, -0.25) is 0 Å². The van der Waals surface area contributed by atoms with Gasteiger partial charge in [-0.15, -0.1) is 0 Å². The van der Waals surface area contributed by atoms with Crippen LogP contribution in [-0.2, 0) is 0 Å². The summed E-state index contributed by atoms with van der Waals surface area (Å²) < 4.78 is 15.5. The van der Waals surface area contributed by atoms with Gasteiger partial charge in [-0.1, -0.05) is 109 Å². The Balaban J connectivity index is 1.10. The summed E-state index contributed by atoms with van der Waals surface area (Å²) in [5.41, 5.74) is 9.63. The van der Waals surface area contributed by atoms with Crippen molar-refractivity contribution >= 4 is 77.4 Å². The van der Waals surface area contributed by atoms with Crippen molar-refractivity contribution in [1.29, 1.82) is 0 Å². The molecule has 10 aromatic rings. The summed E-state index contributed by atoms with van der Waals surface area (Å²) in [5.74, 6) is 1.44. The zero-order chi connectivity index (χ0) is 33.5. The molecule has 240 valence electrons. The Bertz CT molecular complexity index is 3060. The third-order valence-corrected chi connectivity index (χ3v) is 10.1. The van der Waals surface area contributed by atoms with Crippen LogP contribution >= 0.6 is 0 Å². The molecular formula is C45H28N4O2. The summed E-state index contributed by atoms with van der Waals surface area (Å²) >= 11 is 0. The first-order chi connectivity index (χ1) is 25.3. The van der Waals surface area contributed by atoms with Crippen molar-refractivity contribution in [2.45, 2.75) is 6.17 Å². The first kappa shape index (κ1) is 28.0. The molecule has 0 saturated carbocycles. The van der Waals surface area contributed by atoms with E-state index in [2.05, 4.69) is 101 Å². The highest BCUT2D eigenvalue weighted by Crippen LogP contribution is 2.43. The highest BCUT2D eigenvalue weighted by molar-refractivity contribution is 6.25. The lowest BCUT2D eigenvalue weighted by molar-refractivity contribution is 0.666. The fourth-order valence-corrected chi connectivity index (χ4v) is 7.75. The summed E-state index contributed by atoms with van der Waals surface area (Å²) in [7, 11) is 0. The molecule has 0 radical (unpaired) electrons. The van der Waals surface area contributed by atoms with Crippen molar-refractivity contribution in [2.24, 2.45) is 9.98 Å². The van der Waals surface area contributed by atoms with Crippen LogP contribution in [0.3, 0.4) is 0 Å². The first-order valence-corrected chi connectivity index (χ1v) is 17.1. The third-order valence-electron chi connectivity index (χ3n) is 10.1. The lowest BCUT2D eigenvalue weighted by Gasteiger charge is -2.23. The minimum atomic E-state index is -0.277.